The quantitative estimate of drug-likeness (QED) is 0.122. The van der Waals surface area contributed by atoms with Crippen LogP contribution in [0.5, 0.6) is 11.5 Å². The van der Waals surface area contributed by atoms with Crippen LogP contribution in [0.15, 0.2) is 60.0 Å². The summed E-state index contributed by atoms with van der Waals surface area (Å²) in [6.45, 7) is 7.73. The lowest BCUT2D eigenvalue weighted by Crippen LogP contribution is -2.58. The minimum Gasteiger partial charge on any atom is -0.496 e. The molecule has 0 spiro atoms. The van der Waals surface area contributed by atoms with Crippen LogP contribution in [0.4, 0.5) is 5.69 Å². The number of ether oxygens (including phenoxy) is 2. The number of aryl methyl sites for hydroxylation is 1. The van der Waals surface area contributed by atoms with Gasteiger partial charge in [-0.1, -0.05) is 44.9 Å². The molecule has 4 aliphatic rings. The highest BCUT2D eigenvalue weighted by atomic mass is 32.2. The number of hydrogen-bond donors (Lipinski definition) is 4. The van der Waals surface area contributed by atoms with E-state index in [4.69, 9.17) is 19.4 Å². The number of carbonyl (C=O) groups excluding carboxylic acids is 4. The summed E-state index contributed by atoms with van der Waals surface area (Å²) in [4.78, 5) is 68.0. The number of nitrogens with one attached hydrogen (secondary N) is 4. The SMILES string of the molecule is CNC(=O)c1cccc(N[C@H]2CCCCCC=C[C@@H]3C[C@@]3(C(=O)NS(=O)(=O)C3(C)CC3)NC(=O)[C@@H]3C[C@@H](Oc4cc(-c5nc(C(C)C)cs5)nc5c(C)c(OC)ccc45)CN3C2=O)c1. The van der Waals surface area contributed by atoms with E-state index in [2.05, 4.69) is 34.5 Å². The lowest BCUT2D eigenvalue weighted by molar-refractivity contribution is -0.140. The van der Waals surface area contributed by atoms with Crippen LogP contribution in [0, 0.1) is 12.8 Å². The number of fused-ring (bicyclic) bond motifs is 3. The first kappa shape index (κ1) is 45.0. The van der Waals surface area contributed by atoms with E-state index in [1.807, 2.05) is 42.7 Å². The molecule has 0 unspecified atom stereocenters. The van der Waals surface area contributed by atoms with Crippen LogP contribution in [-0.4, -0.2) is 96.1 Å². The van der Waals surface area contributed by atoms with E-state index in [1.165, 1.54) is 16.2 Å². The molecule has 17 heteroatoms. The number of hydrogen-bond acceptors (Lipinski definition) is 12. The fraction of sp³-hybridized carbons (Fsp3) is 0.489. The van der Waals surface area contributed by atoms with Crippen LogP contribution in [0.2, 0.25) is 0 Å². The first-order valence-electron chi connectivity index (χ1n) is 22.1. The Bertz CT molecular complexity index is 2630. The fourth-order valence-electron chi connectivity index (χ4n) is 8.70. The monoisotopic (exact) mass is 911 g/mol. The van der Waals surface area contributed by atoms with Gasteiger partial charge in [0.1, 0.15) is 45.9 Å². The molecule has 3 fully saturated rings. The summed E-state index contributed by atoms with van der Waals surface area (Å²) in [5.74, 6) is -1.05. The Morgan fingerprint density at radius 1 is 1.05 bits per heavy atom. The van der Waals surface area contributed by atoms with Crippen molar-refractivity contribution in [3.05, 3.63) is 76.8 Å². The number of methoxy groups -OCH3 is 1. The summed E-state index contributed by atoms with van der Waals surface area (Å²) in [5.41, 5.74) is 2.49. The molecule has 4 N–H and O–H groups in total. The highest BCUT2D eigenvalue weighted by molar-refractivity contribution is 7.91. The zero-order valence-electron chi connectivity index (χ0n) is 37.2. The molecule has 2 aliphatic carbocycles. The summed E-state index contributed by atoms with van der Waals surface area (Å²) >= 11 is 1.49. The van der Waals surface area contributed by atoms with Crippen molar-refractivity contribution in [2.45, 2.75) is 120 Å². The van der Waals surface area contributed by atoms with Gasteiger partial charge in [0, 0.05) is 53.0 Å². The molecule has 2 aliphatic heterocycles. The van der Waals surface area contributed by atoms with E-state index in [0.29, 0.717) is 71.5 Å². The van der Waals surface area contributed by atoms with Gasteiger partial charge in [-0.2, -0.15) is 0 Å². The van der Waals surface area contributed by atoms with Crippen LogP contribution < -0.4 is 30.1 Å². The molecule has 2 aromatic carbocycles. The van der Waals surface area contributed by atoms with Crippen LogP contribution in [0.25, 0.3) is 21.6 Å². The number of pyridine rings is 1. The molecular weight excluding hydrogens is 855 g/mol. The Morgan fingerprint density at radius 3 is 2.56 bits per heavy atom. The Labute approximate surface area is 378 Å². The first-order valence-corrected chi connectivity index (χ1v) is 24.5. The van der Waals surface area contributed by atoms with Crippen LogP contribution in [-0.2, 0) is 24.4 Å². The number of nitrogens with zero attached hydrogens (tertiary/aromatic N) is 3. The number of sulfonamides is 1. The molecule has 15 nitrogen and oxygen atoms in total. The number of anilines is 1. The Balaban J connectivity index is 1.16. The first-order chi connectivity index (χ1) is 30.6. The Morgan fingerprint density at radius 2 is 1.84 bits per heavy atom. The zero-order chi connectivity index (χ0) is 45.6. The van der Waals surface area contributed by atoms with Crippen molar-refractivity contribution in [3.63, 3.8) is 0 Å². The van der Waals surface area contributed by atoms with Gasteiger partial charge in [0.15, 0.2) is 0 Å². The van der Waals surface area contributed by atoms with Crippen LogP contribution in [0.3, 0.4) is 0 Å². The topological polar surface area (TPSA) is 198 Å². The maximum Gasteiger partial charge on any atom is 0.259 e. The van der Waals surface area contributed by atoms with Gasteiger partial charge in [-0.05, 0) is 88.6 Å². The summed E-state index contributed by atoms with van der Waals surface area (Å²) in [7, 11) is -0.851. The number of allylic oxidation sites excluding steroid dienone is 1. The molecule has 5 atom stereocenters. The molecule has 340 valence electrons. The van der Waals surface area contributed by atoms with Crippen LogP contribution >= 0.6 is 11.3 Å². The highest BCUT2D eigenvalue weighted by Gasteiger charge is 2.63. The van der Waals surface area contributed by atoms with Gasteiger partial charge in [0.2, 0.25) is 21.8 Å². The molecule has 2 saturated carbocycles. The van der Waals surface area contributed by atoms with Gasteiger partial charge in [-0.15, -0.1) is 11.3 Å². The second-order valence-electron chi connectivity index (χ2n) is 18.1. The second-order valence-corrected chi connectivity index (χ2v) is 21.1. The van der Waals surface area contributed by atoms with Gasteiger partial charge in [0.25, 0.3) is 11.8 Å². The third kappa shape index (κ3) is 8.93. The van der Waals surface area contributed by atoms with Gasteiger partial charge in [0.05, 0.1) is 29.6 Å². The maximum atomic E-state index is 15.1. The third-order valence-electron chi connectivity index (χ3n) is 13.2. The smallest absolute Gasteiger partial charge is 0.259 e. The van der Waals surface area contributed by atoms with Crippen molar-refractivity contribution in [3.8, 4) is 22.2 Å². The lowest BCUT2D eigenvalue weighted by Gasteiger charge is -2.30. The number of carbonyl (C=O) groups is 4. The minimum atomic E-state index is -4.01. The van der Waals surface area contributed by atoms with Crippen molar-refractivity contribution < 1.29 is 37.1 Å². The standard InChI is InChI=1S/C47H57N7O8S2/c1-27(2)36-26-63-43(51-36)35-23-39(33-17-18-38(61-6)28(3)40(33)50-35)62-32-22-37-42(56)52-47(45(58)53-64(59,60)46(4)19-20-46)24-30(47)14-10-8-7-9-11-16-34(44(57)54(37)25-32)49-31-15-12-13-29(21-31)41(55)48-5/h10,12-15,17-18,21,23,26-27,30,32,34,37,49H,7-9,11,16,19-20,22,24-25H2,1-6H3,(H,48,55)(H,52,56)(H,53,58)/t30-,32-,34+,37+,47-/m1/s1. The summed E-state index contributed by atoms with van der Waals surface area (Å²) in [6.07, 6.45) is 7.86. The molecule has 0 radical (unpaired) electrons. The summed E-state index contributed by atoms with van der Waals surface area (Å²) < 4.78 is 40.5. The van der Waals surface area contributed by atoms with Gasteiger partial charge in [-0.3, -0.25) is 23.9 Å². The van der Waals surface area contributed by atoms with Gasteiger partial charge in [-0.25, -0.2) is 18.4 Å². The maximum absolute atomic E-state index is 15.1. The number of amides is 4. The van der Waals surface area contributed by atoms with Crippen molar-refractivity contribution in [2.24, 2.45) is 5.92 Å². The van der Waals surface area contributed by atoms with E-state index >= 15 is 4.79 Å². The predicted molar refractivity (Wildman–Crippen MR) is 246 cm³/mol. The minimum absolute atomic E-state index is 0.0334. The average molecular weight is 912 g/mol. The molecule has 1 saturated heterocycles. The summed E-state index contributed by atoms with van der Waals surface area (Å²) in [6, 6.07) is 10.6. The molecule has 4 heterocycles. The van der Waals surface area contributed by atoms with Crippen molar-refractivity contribution >= 4 is 61.6 Å². The van der Waals surface area contributed by atoms with Crippen molar-refractivity contribution in [1.29, 1.82) is 0 Å². The van der Waals surface area contributed by atoms with E-state index in [-0.39, 0.29) is 37.1 Å². The number of benzene rings is 2. The molecule has 0 bridgehead atoms. The number of thiazole rings is 1. The van der Waals surface area contributed by atoms with Crippen molar-refractivity contribution in [2.75, 3.05) is 26.0 Å². The fourth-order valence-corrected chi connectivity index (χ4v) is 11.0. The predicted octanol–water partition coefficient (Wildman–Crippen LogP) is 6.38. The van der Waals surface area contributed by atoms with E-state index in [0.717, 1.165) is 29.1 Å². The van der Waals surface area contributed by atoms with Gasteiger partial charge < -0.3 is 30.3 Å². The molecule has 4 aromatic rings. The molecule has 2 aromatic heterocycles. The van der Waals surface area contributed by atoms with E-state index in [9.17, 15) is 22.8 Å². The zero-order valence-corrected chi connectivity index (χ0v) is 38.8. The van der Waals surface area contributed by atoms with E-state index in [1.54, 1.807) is 45.3 Å². The Hall–Kier alpha value is -5.55. The lowest BCUT2D eigenvalue weighted by atomic mass is 10.0. The van der Waals surface area contributed by atoms with Crippen molar-refractivity contribution in [1.82, 2.24) is 30.2 Å². The van der Waals surface area contributed by atoms with Crippen LogP contribution in [0.1, 0.15) is 106 Å². The highest BCUT2D eigenvalue weighted by Crippen LogP contribution is 2.48. The molecule has 4 amide bonds. The molecular formula is C47H57N7O8S2. The molecule has 64 heavy (non-hydrogen) atoms. The number of rotatable bonds is 11. The molecule has 8 rings (SSSR count). The van der Waals surface area contributed by atoms with Gasteiger partial charge >= 0.3 is 0 Å². The second kappa shape index (κ2) is 17.8. The van der Waals surface area contributed by atoms with E-state index < -0.39 is 56.2 Å². The normalized spacial score (nSPS) is 24.5. The number of aromatic nitrogens is 2. The summed E-state index contributed by atoms with van der Waals surface area (Å²) in [5, 5.41) is 12.5. The average Bonchev–Trinajstić information content (AvgIpc) is 4.05. The largest absolute Gasteiger partial charge is 0.496 e. The Kier molecular flexibility index (Phi) is 12.5. The third-order valence-corrected chi connectivity index (χ3v) is 16.2.